The van der Waals surface area contributed by atoms with Gasteiger partial charge in [-0.2, -0.15) is 5.10 Å². The monoisotopic (exact) mass is 480 g/mol. The topological polar surface area (TPSA) is 96.8 Å². The summed E-state index contributed by atoms with van der Waals surface area (Å²) < 4.78 is 21.0. The molecule has 2 unspecified atom stereocenters. The van der Waals surface area contributed by atoms with E-state index >= 15 is 0 Å². The summed E-state index contributed by atoms with van der Waals surface area (Å²) in [6, 6.07) is 1.98. The first-order valence-electron chi connectivity index (χ1n) is 11.1. The number of thiophene rings is 1. The van der Waals surface area contributed by atoms with Gasteiger partial charge in [-0.25, -0.2) is 9.35 Å². The van der Waals surface area contributed by atoms with E-state index in [0.29, 0.717) is 24.1 Å². The highest BCUT2D eigenvalue weighted by molar-refractivity contribution is 7.93. The highest BCUT2D eigenvalue weighted by Crippen LogP contribution is 2.34. The molecule has 1 aliphatic rings. The SMILES string of the molecule is CC(C)c1cc(CC(=O)N=S(N)(=O)N(c2cnn(C)c2)C2CCCN(C)C2)c(C(C)C)s1. The van der Waals surface area contributed by atoms with Crippen LogP contribution < -0.4 is 9.44 Å². The van der Waals surface area contributed by atoms with Crippen molar-refractivity contribution in [2.24, 2.45) is 16.5 Å². The van der Waals surface area contributed by atoms with Gasteiger partial charge in [0.2, 0.25) is 10.1 Å². The zero-order valence-electron chi connectivity index (χ0n) is 19.9. The summed E-state index contributed by atoms with van der Waals surface area (Å²) in [4.78, 5) is 17.6. The number of amides is 1. The van der Waals surface area contributed by atoms with Crippen molar-refractivity contribution in [1.82, 2.24) is 14.7 Å². The van der Waals surface area contributed by atoms with E-state index < -0.39 is 16.0 Å². The molecule has 178 valence electrons. The first-order valence-corrected chi connectivity index (χ1v) is 13.5. The molecule has 8 nitrogen and oxygen atoms in total. The second-order valence-electron chi connectivity index (χ2n) is 9.30. The lowest BCUT2D eigenvalue weighted by Gasteiger charge is -2.38. The molecule has 0 bridgehead atoms. The molecular formula is C22H36N6O2S2. The fourth-order valence-electron chi connectivity index (χ4n) is 4.19. The van der Waals surface area contributed by atoms with Gasteiger partial charge in [-0.05, 0) is 49.9 Å². The van der Waals surface area contributed by atoms with E-state index in [1.165, 1.54) is 9.75 Å². The number of aryl methyl sites for hydroxylation is 1. The van der Waals surface area contributed by atoms with Crippen LogP contribution >= 0.6 is 11.3 Å². The van der Waals surface area contributed by atoms with Gasteiger partial charge >= 0.3 is 0 Å². The van der Waals surface area contributed by atoms with Gasteiger partial charge in [-0.3, -0.25) is 13.8 Å². The Morgan fingerprint density at radius 2 is 2.06 bits per heavy atom. The maximum atomic E-state index is 13.7. The van der Waals surface area contributed by atoms with Gasteiger partial charge in [-0.15, -0.1) is 15.7 Å². The number of nitrogens with two attached hydrogens (primary N) is 1. The molecule has 1 saturated heterocycles. The second kappa shape index (κ2) is 10.0. The highest BCUT2D eigenvalue weighted by Gasteiger charge is 2.31. The average Bonchev–Trinajstić information content (AvgIpc) is 3.27. The van der Waals surface area contributed by atoms with E-state index in [2.05, 4.69) is 48.1 Å². The quantitative estimate of drug-likeness (QED) is 0.654. The summed E-state index contributed by atoms with van der Waals surface area (Å²) >= 11 is 1.74. The molecule has 0 saturated carbocycles. The maximum Gasteiger partial charge on any atom is 0.260 e. The highest BCUT2D eigenvalue weighted by atomic mass is 32.2. The third-order valence-corrected chi connectivity index (χ3v) is 9.00. The minimum atomic E-state index is -3.46. The zero-order valence-corrected chi connectivity index (χ0v) is 21.6. The molecule has 3 rings (SSSR count). The van der Waals surface area contributed by atoms with Crippen molar-refractivity contribution < 1.29 is 9.00 Å². The van der Waals surface area contributed by atoms with Crippen molar-refractivity contribution in [3.8, 4) is 0 Å². The summed E-state index contributed by atoms with van der Waals surface area (Å²) in [5.74, 6) is 0.245. The average molecular weight is 481 g/mol. The molecule has 0 spiro atoms. The number of carbonyl (C=O) groups is 1. The molecule has 1 aliphatic heterocycles. The zero-order chi connectivity index (χ0) is 23.6. The summed E-state index contributed by atoms with van der Waals surface area (Å²) in [5.41, 5.74) is 1.58. The number of hydrogen-bond acceptors (Lipinski definition) is 5. The number of likely N-dealkylation sites (N-methyl/N-ethyl adjacent to an activating group) is 1. The molecular weight excluding hydrogens is 444 g/mol. The van der Waals surface area contributed by atoms with Gasteiger partial charge < -0.3 is 4.90 Å². The minimum absolute atomic E-state index is 0.105. The maximum absolute atomic E-state index is 13.7. The molecule has 1 amide bonds. The molecule has 2 atom stereocenters. The Hall–Kier alpha value is -1.75. The molecule has 10 heteroatoms. The Balaban J connectivity index is 1.93. The van der Waals surface area contributed by atoms with Gasteiger partial charge in [0.25, 0.3) is 5.91 Å². The first kappa shape index (κ1) is 24.9. The Bertz CT molecular complexity index is 1060. The Kier molecular flexibility index (Phi) is 7.80. The number of piperidine rings is 1. The molecule has 2 aromatic rings. The third-order valence-electron chi connectivity index (χ3n) is 5.69. The molecule has 0 aromatic carbocycles. The standard InChI is InChI=1S/C22H36N6O2S2/c1-15(2)20-10-17(22(31-20)16(3)4)11-21(29)25-32(23,30)28(19-12-24-27(6)14-19)18-8-7-9-26(5)13-18/h10,12,14-16,18H,7-9,11,13H2,1-6H3,(H2,23,25,29,30). The van der Waals surface area contributed by atoms with Gasteiger partial charge in [0.15, 0.2) is 0 Å². The Labute approximate surface area is 196 Å². The van der Waals surface area contributed by atoms with Crippen LogP contribution in [0.5, 0.6) is 0 Å². The van der Waals surface area contributed by atoms with Crippen LogP contribution in [0.3, 0.4) is 0 Å². The number of likely N-dealkylation sites (tertiary alicyclic amines) is 1. The van der Waals surface area contributed by atoms with Crippen molar-refractivity contribution in [2.45, 2.75) is 64.8 Å². The predicted octanol–water partition coefficient (Wildman–Crippen LogP) is 3.66. The third kappa shape index (κ3) is 5.78. The van der Waals surface area contributed by atoms with Crippen molar-refractivity contribution in [2.75, 3.05) is 24.4 Å². The molecule has 0 aliphatic carbocycles. The molecule has 2 aromatic heterocycles. The van der Waals surface area contributed by atoms with Gasteiger partial charge in [-0.1, -0.05) is 27.7 Å². The Morgan fingerprint density at radius 3 is 2.62 bits per heavy atom. The fourth-order valence-corrected chi connectivity index (χ4v) is 6.82. The van der Waals surface area contributed by atoms with E-state index in [1.54, 1.807) is 39.8 Å². The summed E-state index contributed by atoms with van der Waals surface area (Å²) in [6.45, 7) is 10.2. The molecule has 3 heterocycles. The fraction of sp³-hybridized carbons (Fsp3) is 0.636. The largest absolute Gasteiger partial charge is 0.304 e. The summed E-state index contributed by atoms with van der Waals surface area (Å²) in [6.07, 6.45) is 5.30. The van der Waals surface area contributed by atoms with E-state index in [-0.39, 0.29) is 12.5 Å². The smallest absolute Gasteiger partial charge is 0.260 e. The summed E-state index contributed by atoms with van der Waals surface area (Å²) in [7, 11) is 0.365. The number of aromatic nitrogens is 2. The van der Waals surface area contributed by atoms with Crippen LogP contribution in [0.15, 0.2) is 22.8 Å². The lowest BCUT2D eigenvalue weighted by atomic mass is 10.0. The molecule has 32 heavy (non-hydrogen) atoms. The number of hydrogen-bond donors (Lipinski definition) is 1. The number of rotatable bonds is 7. The van der Waals surface area contributed by atoms with Crippen molar-refractivity contribution in [1.29, 1.82) is 0 Å². The van der Waals surface area contributed by atoms with Crippen LogP contribution in [0, 0.1) is 0 Å². The summed E-state index contributed by atoms with van der Waals surface area (Å²) in [5, 5.41) is 10.5. The number of carbonyl (C=O) groups excluding carboxylic acids is 1. The first-order chi connectivity index (χ1) is 15.0. The number of nitrogens with zero attached hydrogens (tertiary/aromatic N) is 5. The van der Waals surface area contributed by atoms with Crippen LogP contribution in [-0.2, 0) is 28.4 Å². The van der Waals surface area contributed by atoms with Gasteiger partial charge in [0.05, 0.1) is 24.3 Å². The van der Waals surface area contributed by atoms with E-state index in [0.717, 1.165) is 24.9 Å². The minimum Gasteiger partial charge on any atom is -0.304 e. The van der Waals surface area contributed by atoms with Crippen molar-refractivity contribution >= 4 is 33.0 Å². The van der Waals surface area contributed by atoms with Crippen molar-refractivity contribution in [3.63, 3.8) is 0 Å². The molecule has 1 fully saturated rings. The lowest BCUT2D eigenvalue weighted by molar-refractivity contribution is -0.117. The van der Waals surface area contributed by atoms with Crippen LogP contribution in [0.4, 0.5) is 5.69 Å². The molecule has 0 radical (unpaired) electrons. The van der Waals surface area contributed by atoms with Crippen molar-refractivity contribution in [3.05, 3.63) is 33.8 Å². The van der Waals surface area contributed by atoms with Crippen LogP contribution in [0.1, 0.15) is 67.7 Å². The predicted molar refractivity (Wildman–Crippen MR) is 132 cm³/mol. The second-order valence-corrected chi connectivity index (χ2v) is 12.1. The Morgan fingerprint density at radius 1 is 1.34 bits per heavy atom. The normalized spacial score (nSPS) is 19.3. The lowest BCUT2D eigenvalue weighted by Crippen LogP contribution is -2.51. The van der Waals surface area contributed by atoms with Crippen LogP contribution in [0.2, 0.25) is 0 Å². The van der Waals surface area contributed by atoms with E-state index in [4.69, 9.17) is 5.14 Å². The van der Waals surface area contributed by atoms with E-state index in [1.807, 2.05) is 7.05 Å². The van der Waals surface area contributed by atoms with Crippen LogP contribution in [-0.4, -0.2) is 51.0 Å². The van der Waals surface area contributed by atoms with Gasteiger partial charge in [0, 0.05) is 29.5 Å². The van der Waals surface area contributed by atoms with Gasteiger partial charge in [0.1, 0.15) is 0 Å². The van der Waals surface area contributed by atoms with Crippen LogP contribution in [0.25, 0.3) is 0 Å². The van der Waals surface area contributed by atoms with E-state index in [9.17, 15) is 9.00 Å². The molecule has 2 N–H and O–H groups in total. The number of anilines is 1.